The number of nitrogens with zero attached hydrogens (tertiary/aromatic N) is 1. The lowest BCUT2D eigenvalue weighted by Gasteiger charge is -2.18. The van der Waals surface area contributed by atoms with Crippen LogP contribution < -0.4 is 4.74 Å². The van der Waals surface area contributed by atoms with Gasteiger partial charge in [-0.3, -0.25) is 0 Å². The molecule has 0 unspecified atom stereocenters. The van der Waals surface area contributed by atoms with Crippen LogP contribution in [0.4, 0.5) is 0 Å². The minimum Gasteiger partial charge on any atom is -0.490 e. The molecule has 0 aliphatic carbocycles. The first-order valence-corrected chi connectivity index (χ1v) is 5.10. The van der Waals surface area contributed by atoms with Gasteiger partial charge in [0.15, 0.2) is 10.9 Å². The molecule has 1 aromatic heterocycles. The lowest BCUT2D eigenvalue weighted by molar-refractivity contribution is 0.242. The van der Waals surface area contributed by atoms with E-state index >= 15 is 0 Å². The second-order valence-electron chi connectivity index (χ2n) is 4.45. The van der Waals surface area contributed by atoms with E-state index in [4.69, 9.17) is 16.3 Å². The van der Waals surface area contributed by atoms with Crippen LogP contribution in [0.2, 0.25) is 5.15 Å². The van der Waals surface area contributed by atoms with E-state index in [0.29, 0.717) is 17.5 Å². The number of hydrogen-bond donors (Lipinski definition) is 0. The SMILES string of the molecule is CC(C)(C)CCOc1cccnc1Cl. The van der Waals surface area contributed by atoms with Gasteiger partial charge in [-0.25, -0.2) is 4.98 Å². The number of halogens is 1. The van der Waals surface area contributed by atoms with E-state index in [1.807, 2.05) is 12.1 Å². The molecule has 0 spiro atoms. The summed E-state index contributed by atoms with van der Waals surface area (Å²) in [5.74, 6) is 0.665. The van der Waals surface area contributed by atoms with Crippen molar-refractivity contribution in [2.45, 2.75) is 27.2 Å². The summed E-state index contributed by atoms with van der Waals surface area (Å²) in [4.78, 5) is 3.93. The highest BCUT2D eigenvalue weighted by Gasteiger charge is 2.10. The van der Waals surface area contributed by atoms with E-state index in [1.165, 1.54) is 0 Å². The zero-order valence-corrected chi connectivity index (χ0v) is 9.64. The molecule has 0 fully saturated rings. The second-order valence-corrected chi connectivity index (χ2v) is 4.81. The lowest BCUT2D eigenvalue weighted by Crippen LogP contribution is -2.11. The van der Waals surface area contributed by atoms with Gasteiger partial charge in [0.05, 0.1) is 6.61 Å². The van der Waals surface area contributed by atoms with Crippen molar-refractivity contribution in [3.63, 3.8) is 0 Å². The molecular formula is C11H16ClNO. The van der Waals surface area contributed by atoms with Gasteiger partial charge in [0.2, 0.25) is 0 Å². The predicted molar refractivity (Wildman–Crippen MR) is 58.8 cm³/mol. The Labute approximate surface area is 90.3 Å². The van der Waals surface area contributed by atoms with Gasteiger partial charge in [-0.1, -0.05) is 32.4 Å². The fraction of sp³-hybridized carbons (Fsp3) is 0.545. The van der Waals surface area contributed by atoms with Crippen LogP contribution in [0.1, 0.15) is 27.2 Å². The molecule has 0 bridgehead atoms. The monoisotopic (exact) mass is 213 g/mol. The average molecular weight is 214 g/mol. The summed E-state index contributed by atoms with van der Waals surface area (Å²) in [6.45, 7) is 7.22. The van der Waals surface area contributed by atoms with Crippen LogP contribution in [-0.2, 0) is 0 Å². The zero-order valence-electron chi connectivity index (χ0n) is 8.88. The number of aromatic nitrogens is 1. The van der Waals surface area contributed by atoms with E-state index in [-0.39, 0.29) is 5.41 Å². The highest BCUT2D eigenvalue weighted by Crippen LogP contribution is 2.23. The van der Waals surface area contributed by atoms with Gasteiger partial charge in [-0.2, -0.15) is 0 Å². The largest absolute Gasteiger partial charge is 0.490 e. The summed E-state index contributed by atoms with van der Waals surface area (Å²) in [6, 6.07) is 3.65. The van der Waals surface area contributed by atoms with Crippen molar-refractivity contribution in [1.29, 1.82) is 0 Å². The highest BCUT2D eigenvalue weighted by molar-refractivity contribution is 6.30. The Kier molecular flexibility index (Phi) is 3.76. The van der Waals surface area contributed by atoms with Crippen LogP contribution in [0, 0.1) is 5.41 Å². The van der Waals surface area contributed by atoms with Gasteiger partial charge < -0.3 is 4.74 Å². The van der Waals surface area contributed by atoms with E-state index in [9.17, 15) is 0 Å². The number of rotatable bonds is 3. The topological polar surface area (TPSA) is 22.1 Å². The quantitative estimate of drug-likeness (QED) is 0.717. The standard InChI is InChI=1S/C11H16ClNO/c1-11(2,3)6-8-14-9-5-4-7-13-10(9)12/h4-5,7H,6,8H2,1-3H3. The number of ether oxygens (including phenoxy) is 1. The van der Waals surface area contributed by atoms with Crippen LogP contribution >= 0.6 is 11.6 Å². The Morgan fingerprint density at radius 2 is 2.14 bits per heavy atom. The molecule has 3 heteroatoms. The van der Waals surface area contributed by atoms with Crippen LogP contribution in [0.15, 0.2) is 18.3 Å². The molecule has 0 aliphatic heterocycles. The highest BCUT2D eigenvalue weighted by atomic mass is 35.5. The fourth-order valence-corrected chi connectivity index (χ4v) is 1.12. The van der Waals surface area contributed by atoms with Gasteiger partial charge in [0.1, 0.15) is 0 Å². The molecule has 78 valence electrons. The van der Waals surface area contributed by atoms with Crippen molar-refractivity contribution in [2.75, 3.05) is 6.61 Å². The van der Waals surface area contributed by atoms with Gasteiger partial charge >= 0.3 is 0 Å². The third kappa shape index (κ3) is 3.97. The van der Waals surface area contributed by atoms with Crippen molar-refractivity contribution in [3.05, 3.63) is 23.5 Å². The maximum absolute atomic E-state index is 5.84. The third-order valence-electron chi connectivity index (χ3n) is 1.83. The molecule has 0 atom stereocenters. The van der Waals surface area contributed by atoms with Gasteiger partial charge in [-0.05, 0) is 24.0 Å². The fourth-order valence-electron chi connectivity index (χ4n) is 0.946. The minimum atomic E-state index is 0.286. The van der Waals surface area contributed by atoms with E-state index < -0.39 is 0 Å². The zero-order chi connectivity index (χ0) is 10.6. The average Bonchev–Trinajstić information content (AvgIpc) is 2.06. The molecule has 0 aliphatic rings. The van der Waals surface area contributed by atoms with Gasteiger partial charge in [-0.15, -0.1) is 0 Å². The Hall–Kier alpha value is -0.760. The normalized spacial score (nSPS) is 11.4. The third-order valence-corrected chi connectivity index (χ3v) is 2.12. The molecule has 2 nitrogen and oxygen atoms in total. The molecule has 0 saturated carbocycles. The van der Waals surface area contributed by atoms with E-state index in [2.05, 4.69) is 25.8 Å². The van der Waals surface area contributed by atoms with E-state index in [0.717, 1.165) is 6.42 Å². The Balaban J connectivity index is 2.43. The summed E-state index contributed by atoms with van der Waals surface area (Å²) >= 11 is 5.84. The Morgan fingerprint density at radius 1 is 1.43 bits per heavy atom. The molecule has 14 heavy (non-hydrogen) atoms. The van der Waals surface area contributed by atoms with Crippen LogP contribution in [-0.4, -0.2) is 11.6 Å². The summed E-state index contributed by atoms with van der Waals surface area (Å²) in [5.41, 5.74) is 0.286. The number of pyridine rings is 1. The van der Waals surface area contributed by atoms with Crippen LogP contribution in [0.25, 0.3) is 0 Å². The molecular weight excluding hydrogens is 198 g/mol. The summed E-state index contributed by atoms with van der Waals surface area (Å²) in [6.07, 6.45) is 2.65. The van der Waals surface area contributed by atoms with Crippen molar-refractivity contribution in [2.24, 2.45) is 5.41 Å². The van der Waals surface area contributed by atoms with Crippen molar-refractivity contribution in [3.8, 4) is 5.75 Å². The first-order chi connectivity index (χ1) is 6.49. The van der Waals surface area contributed by atoms with E-state index in [1.54, 1.807) is 6.20 Å². The smallest absolute Gasteiger partial charge is 0.171 e. The molecule has 1 aromatic rings. The summed E-state index contributed by atoms with van der Waals surface area (Å²) in [7, 11) is 0. The second kappa shape index (κ2) is 4.65. The lowest BCUT2D eigenvalue weighted by atomic mass is 9.93. The minimum absolute atomic E-state index is 0.286. The Bertz CT molecular complexity index is 294. The molecule has 0 aromatic carbocycles. The van der Waals surface area contributed by atoms with Crippen LogP contribution in [0.5, 0.6) is 5.75 Å². The van der Waals surface area contributed by atoms with Gasteiger partial charge in [0.25, 0.3) is 0 Å². The van der Waals surface area contributed by atoms with Crippen molar-refractivity contribution in [1.82, 2.24) is 4.98 Å². The number of hydrogen-bond acceptors (Lipinski definition) is 2. The molecule has 0 N–H and O–H groups in total. The molecule has 0 radical (unpaired) electrons. The predicted octanol–water partition coefficient (Wildman–Crippen LogP) is 3.55. The molecule has 1 heterocycles. The van der Waals surface area contributed by atoms with Crippen LogP contribution in [0.3, 0.4) is 0 Å². The molecule has 0 amide bonds. The van der Waals surface area contributed by atoms with Crippen molar-refractivity contribution >= 4 is 11.6 Å². The molecule has 1 rings (SSSR count). The summed E-state index contributed by atoms with van der Waals surface area (Å²) < 4.78 is 5.52. The van der Waals surface area contributed by atoms with Gasteiger partial charge in [0, 0.05) is 6.20 Å². The van der Waals surface area contributed by atoms with Crippen molar-refractivity contribution < 1.29 is 4.74 Å². The summed E-state index contributed by atoms with van der Waals surface area (Å²) in [5, 5.41) is 0.432. The Morgan fingerprint density at radius 3 is 2.71 bits per heavy atom. The molecule has 0 saturated heterocycles. The maximum atomic E-state index is 5.84. The maximum Gasteiger partial charge on any atom is 0.171 e. The first kappa shape index (κ1) is 11.3. The first-order valence-electron chi connectivity index (χ1n) is 4.72.